The summed E-state index contributed by atoms with van der Waals surface area (Å²) >= 11 is 0. The largest absolute Gasteiger partial charge is 0.465 e. The molecule has 2 rings (SSSR count). The van der Waals surface area contributed by atoms with Crippen molar-refractivity contribution in [2.75, 3.05) is 40.5 Å². The zero-order valence-electron chi connectivity index (χ0n) is 15.6. The van der Waals surface area contributed by atoms with Gasteiger partial charge in [0.15, 0.2) is 5.76 Å². The average Bonchev–Trinajstić information content (AvgIpc) is 3.18. The second-order valence-corrected chi connectivity index (χ2v) is 5.92. The van der Waals surface area contributed by atoms with Crippen molar-refractivity contribution in [1.29, 1.82) is 0 Å². The summed E-state index contributed by atoms with van der Waals surface area (Å²) in [6.45, 7) is 3.38. The van der Waals surface area contributed by atoms with Crippen molar-refractivity contribution in [2.45, 2.75) is 6.54 Å². The second kappa shape index (κ2) is 10.5. The standard InChI is InChI=1S/C19H24N2O6/c1-25-18(23)14-9-13(10-15(11-14)19(24)26-2)17-4-3-16(27-17)12-21-6-5-20-7-8-22/h3-4,9-11,20-22H,5-8,12H2,1-2H3/p+2. The average molecular weight is 378 g/mol. The summed E-state index contributed by atoms with van der Waals surface area (Å²) < 4.78 is 15.3. The quantitative estimate of drug-likeness (QED) is 0.366. The minimum atomic E-state index is -0.541. The van der Waals surface area contributed by atoms with Gasteiger partial charge in [0.2, 0.25) is 0 Å². The van der Waals surface area contributed by atoms with Crippen molar-refractivity contribution in [3.05, 3.63) is 47.2 Å². The molecule has 2 aromatic rings. The van der Waals surface area contributed by atoms with Crippen molar-refractivity contribution >= 4 is 11.9 Å². The summed E-state index contributed by atoms with van der Waals surface area (Å²) in [6, 6.07) is 8.34. The van der Waals surface area contributed by atoms with E-state index in [-0.39, 0.29) is 17.7 Å². The Bertz CT molecular complexity index is 737. The SMILES string of the molecule is COC(=O)c1cc(C(=O)OC)cc(-c2ccc(C[NH2+]CC[NH2+]CCO)o2)c1. The maximum Gasteiger partial charge on any atom is 0.337 e. The third-order valence-electron chi connectivity index (χ3n) is 3.98. The van der Waals surface area contributed by atoms with E-state index in [4.69, 9.17) is 19.0 Å². The van der Waals surface area contributed by atoms with Crippen LogP contribution in [-0.4, -0.2) is 57.5 Å². The van der Waals surface area contributed by atoms with E-state index in [2.05, 4.69) is 10.6 Å². The molecule has 8 nitrogen and oxygen atoms in total. The van der Waals surface area contributed by atoms with Gasteiger partial charge in [-0.15, -0.1) is 0 Å². The predicted molar refractivity (Wildman–Crippen MR) is 96.1 cm³/mol. The molecule has 0 amide bonds. The highest BCUT2D eigenvalue weighted by Crippen LogP contribution is 2.25. The monoisotopic (exact) mass is 378 g/mol. The van der Waals surface area contributed by atoms with Gasteiger partial charge < -0.3 is 29.6 Å². The van der Waals surface area contributed by atoms with Gasteiger partial charge >= 0.3 is 11.9 Å². The Morgan fingerprint density at radius 2 is 1.59 bits per heavy atom. The van der Waals surface area contributed by atoms with Crippen LogP contribution in [0.2, 0.25) is 0 Å². The number of rotatable bonds is 10. The van der Waals surface area contributed by atoms with Crippen molar-refractivity contribution in [3.8, 4) is 11.3 Å². The number of quaternary nitrogens is 2. The Kier molecular flexibility index (Phi) is 8.00. The number of benzene rings is 1. The molecule has 0 fully saturated rings. The van der Waals surface area contributed by atoms with E-state index in [1.165, 1.54) is 20.3 Å². The highest BCUT2D eigenvalue weighted by Gasteiger charge is 2.16. The summed E-state index contributed by atoms with van der Waals surface area (Å²) in [6.07, 6.45) is 0. The molecular weight excluding hydrogens is 352 g/mol. The molecule has 0 spiro atoms. The molecule has 0 aliphatic carbocycles. The Morgan fingerprint density at radius 1 is 0.963 bits per heavy atom. The van der Waals surface area contributed by atoms with Gasteiger partial charge in [0.1, 0.15) is 25.4 Å². The maximum absolute atomic E-state index is 11.9. The first-order chi connectivity index (χ1) is 13.1. The van der Waals surface area contributed by atoms with Crippen LogP contribution in [0.4, 0.5) is 0 Å². The lowest BCUT2D eigenvalue weighted by Crippen LogP contribution is -2.94. The van der Waals surface area contributed by atoms with E-state index in [1.807, 2.05) is 6.07 Å². The van der Waals surface area contributed by atoms with Crippen LogP contribution < -0.4 is 10.6 Å². The molecule has 0 atom stereocenters. The zero-order valence-corrected chi connectivity index (χ0v) is 15.6. The smallest absolute Gasteiger partial charge is 0.337 e. The molecule has 0 radical (unpaired) electrons. The van der Waals surface area contributed by atoms with Crippen molar-refractivity contribution < 1.29 is 39.2 Å². The lowest BCUT2D eigenvalue weighted by molar-refractivity contribution is -0.732. The van der Waals surface area contributed by atoms with Gasteiger partial charge in [-0.1, -0.05) is 0 Å². The van der Waals surface area contributed by atoms with E-state index in [1.54, 1.807) is 18.2 Å². The van der Waals surface area contributed by atoms with Gasteiger partial charge in [-0.3, -0.25) is 0 Å². The van der Waals surface area contributed by atoms with Crippen LogP contribution in [0.25, 0.3) is 11.3 Å². The van der Waals surface area contributed by atoms with Crippen LogP contribution in [0.5, 0.6) is 0 Å². The number of ether oxygens (including phenoxy) is 2. The fourth-order valence-corrected chi connectivity index (χ4v) is 2.60. The fourth-order valence-electron chi connectivity index (χ4n) is 2.60. The second-order valence-electron chi connectivity index (χ2n) is 5.92. The van der Waals surface area contributed by atoms with Crippen LogP contribution in [0, 0.1) is 0 Å². The van der Waals surface area contributed by atoms with Gasteiger partial charge in [-0.2, -0.15) is 0 Å². The van der Waals surface area contributed by atoms with Crippen LogP contribution in [0.1, 0.15) is 26.5 Å². The van der Waals surface area contributed by atoms with E-state index in [0.717, 1.165) is 18.8 Å². The predicted octanol–water partition coefficient (Wildman–Crippen LogP) is -0.861. The lowest BCUT2D eigenvalue weighted by Gasteiger charge is -2.06. The molecule has 27 heavy (non-hydrogen) atoms. The molecule has 0 aliphatic heterocycles. The van der Waals surface area contributed by atoms with Crippen molar-refractivity contribution in [1.82, 2.24) is 0 Å². The summed E-state index contributed by atoms with van der Waals surface area (Å²) in [7, 11) is 2.57. The number of nitrogens with two attached hydrogens (primary N) is 2. The summed E-state index contributed by atoms with van der Waals surface area (Å²) in [5.41, 5.74) is 1.10. The minimum absolute atomic E-state index is 0.180. The number of esters is 2. The maximum atomic E-state index is 11.9. The van der Waals surface area contributed by atoms with Crippen LogP contribution in [0.3, 0.4) is 0 Å². The Labute approximate surface area is 157 Å². The number of carbonyl (C=O) groups excluding carboxylic acids is 2. The Morgan fingerprint density at radius 3 is 2.19 bits per heavy atom. The molecule has 0 saturated heterocycles. The molecule has 1 aromatic carbocycles. The van der Waals surface area contributed by atoms with E-state index in [0.29, 0.717) is 24.4 Å². The number of furan rings is 1. The number of aliphatic hydroxyl groups excluding tert-OH is 1. The third-order valence-corrected chi connectivity index (χ3v) is 3.98. The van der Waals surface area contributed by atoms with Gasteiger partial charge in [0.05, 0.1) is 38.5 Å². The van der Waals surface area contributed by atoms with Gasteiger partial charge in [0, 0.05) is 5.56 Å². The first kappa shape index (κ1) is 20.6. The lowest BCUT2D eigenvalue weighted by atomic mass is 10.0. The zero-order chi connectivity index (χ0) is 19.6. The van der Waals surface area contributed by atoms with Crippen molar-refractivity contribution in [2.24, 2.45) is 0 Å². The first-order valence-electron chi connectivity index (χ1n) is 8.74. The van der Waals surface area contributed by atoms with Crippen LogP contribution in [0.15, 0.2) is 34.7 Å². The number of methoxy groups -OCH3 is 2. The number of aliphatic hydroxyl groups is 1. The van der Waals surface area contributed by atoms with Gasteiger partial charge in [0.25, 0.3) is 0 Å². The summed E-state index contributed by atoms with van der Waals surface area (Å²) in [5.74, 6) is 0.263. The van der Waals surface area contributed by atoms with Crippen LogP contribution >= 0.6 is 0 Å². The number of carbonyl (C=O) groups is 2. The summed E-state index contributed by atoms with van der Waals surface area (Å²) in [4.78, 5) is 23.8. The first-order valence-corrected chi connectivity index (χ1v) is 8.74. The molecule has 5 N–H and O–H groups in total. The molecule has 1 heterocycles. The Balaban J connectivity index is 2.11. The normalized spacial score (nSPS) is 10.6. The van der Waals surface area contributed by atoms with Crippen molar-refractivity contribution in [3.63, 3.8) is 0 Å². The number of hydrogen-bond acceptors (Lipinski definition) is 6. The van der Waals surface area contributed by atoms with E-state index < -0.39 is 11.9 Å². The van der Waals surface area contributed by atoms with Gasteiger partial charge in [-0.25, -0.2) is 9.59 Å². The molecule has 1 aromatic heterocycles. The third kappa shape index (κ3) is 5.92. The fraction of sp³-hybridized carbons (Fsp3) is 0.368. The summed E-state index contributed by atoms with van der Waals surface area (Å²) in [5, 5.41) is 12.9. The highest BCUT2D eigenvalue weighted by atomic mass is 16.5. The molecule has 0 aliphatic rings. The minimum Gasteiger partial charge on any atom is -0.465 e. The van der Waals surface area contributed by atoms with Crippen LogP contribution in [-0.2, 0) is 16.0 Å². The molecule has 0 unspecified atom stereocenters. The molecule has 8 heteroatoms. The van der Waals surface area contributed by atoms with E-state index in [9.17, 15) is 9.59 Å². The van der Waals surface area contributed by atoms with Gasteiger partial charge in [-0.05, 0) is 30.3 Å². The topological polar surface area (TPSA) is 119 Å². The molecule has 0 saturated carbocycles. The molecule has 0 bridgehead atoms. The number of hydrogen-bond donors (Lipinski definition) is 3. The van der Waals surface area contributed by atoms with E-state index >= 15 is 0 Å². The molecule has 146 valence electrons. The highest BCUT2D eigenvalue weighted by molar-refractivity contribution is 5.97. The molecular formula is C19H26N2O6+2. The Hall–Kier alpha value is -2.68.